The number of carbonyl (C=O) groups excluding carboxylic acids is 1. The third-order valence-electron chi connectivity index (χ3n) is 1.81. The molecular weight excluding hydrogens is 278 g/mol. The maximum Gasteiger partial charge on any atom is 0.267 e. The molecular formula is C8H7N5O3S2. The highest BCUT2D eigenvalue weighted by atomic mass is 32.2. The molecule has 3 N–H and O–H groups in total. The number of anilines is 1. The van der Waals surface area contributed by atoms with E-state index in [4.69, 9.17) is 5.14 Å². The second-order valence-electron chi connectivity index (χ2n) is 3.11. The number of nitrogens with one attached hydrogen (secondary N) is 1. The van der Waals surface area contributed by atoms with Gasteiger partial charge in [0.15, 0.2) is 0 Å². The van der Waals surface area contributed by atoms with E-state index in [9.17, 15) is 13.2 Å². The molecule has 2 heterocycles. The van der Waals surface area contributed by atoms with Crippen LogP contribution in [0.4, 0.5) is 5.13 Å². The van der Waals surface area contributed by atoms with Gasteiger partial charge in [-0.05, 0) is 12.1 Å². The van der Waals surface area contributed by atoms with Gasteiger partial charge in [0.05, 0.1) is 0 Å². The van der Waals surface area contributed by atoms with Crippen LogP contribution < -0.4 is 10.5 Å². The molecule has 0 saturated carbocycles. The topological polar surface area (TPSA) is 128 Å². The summed E-state index contributed by atoms with van der Waals surface area (Å²) in [6, 6.07) is 3.02. The molecule has 0 aliphatic rings. The molecule has 0 aliphatic heterocycles. The van der Waals surface area contributed by atoms with E-state index in [0.717, 1.165) is 0 Å². The number of nitrogens with zero attached hydrogens (tertiary/aromatic N) is 3. The lowest BCUT2D eigenvalue weighted by atomic mass is 10.2. The predicted molar refractivity (Wildman–Crippen MR) is 63.5 cm³/mol. The molecule has 0 saturated heterocycles. The van der Waals surface area contributed by atoms with Crippen LogP contribution in [-0.4, -0.2) is 29.5 Å². The molecule has 2 aromatic heterocycles. The summed E-state index contributed by atoms with van der Waals surface area (Å²) in [6.07, 6.45) is 2.93. The lowest BCUT2D eigenvalue weighted by molar-refractivity contribution is 0.102. The monoisotopic (exact) mass is 285 g/mol. The van der Waals surface area contributed by atoms with Crippen LogP contribution >= 0.6 is 11.3 Å². The number of hydrogen-bond donors (Lipinski definition) is 2. The van der Waals surface area contributed by atoms with Crippen LogP contribution in [-0.2, 0) is 10.0 Å². The average Bonchev–Trinajstić information content (AvgIpc) is 2.78. The molecule has 0 spiro atoms. The van der Waals surface area contributed by atoms with E-state index in [1.807, 2.05) is 0 Å². The maximum absolute atomic E-state index is 11.7. The van der Waals surface area contributed by atoms with Gasteiger partial charge < -0.3 is 0 Å². The first-order valence-corrected chi connectivity index (χ1v) is 6.91. The summed E-state index contributed by atoms with van der Waals surface area (Å²) in [7, 11) is -3.90. The molecule has 0 fully saturated rings. The van der Waals surface area contributed by atoms with Crippen molar-refractivity contribution in [2.24, 2.45) is 5.14 Å². The van der Waals surface area contributed by atoms with Crippen molar-refractivity contribution in [2.75, 3.05) is 5.32 Å². The Balaban J connectivity index is 2.16. The molecule has 0 unspecified atom stereocenters. The highest BCUT2D eigenvalue weighted by molar-refractivity contribution is 7.91. The second-order valence-corrected chi connectivity index (χ2v) is 5.82. The van der Waals surface area contributed by atoms with Gasteiger partial charge in [-0.25, -0.2) is 13.6 Å². The Bertz CT molecular complexity index is 667. The molecule has 0 bridgehead atoms. The first-order chi connectivity index (χ1) is 8.47. The highest BCUT2D eigenvalue weighted by Gasteiger charge is 2.16. The third kappa shape index (κ3) is 2.85. The Morgan fingerprint density at radius 1 is 1.28 bits per heavy atom. The number of amides is 1. The molecule has 2 rings (SSSR count). The van der Waals surface area contributed by atoms with E-state index in [2.05, 4.69) is 20.5 Å². The van der Waals surface area contributed by atoms with Gasteiger partial charge in [-0.1, -0.05) is 11.3 Å². The lowest BCUT2D eigenvalue weighted by Crippen LogP contribution is -2.11. The van der Waals surface area contributed by atoms with Crippen LogP contribution in [0.3, 0.4) is 0 Å². The van der Waals surface area contributed by atoms with E-state index >= 15 is 0 Å². The third-order valence-corrected chi connectivity index (χ3v) is 3.96. The number of nitrogens with two attached hydrogens (primary N) is 1. The number of rotatable bonds is 3. The van der Waals surface area contributed by atoms with Crippen molar-refractivity contribution in [2.45, 2.75) is 4.34 Å². The molecule has 1 amide bonds. The maximum atomic E-state index is 11.7. The number of hydrogen-bond acceptors (Lipinski definition) is 7. The number of pyridine rings is 1. The first kappa shape index (κ1) is 12.5. The Kier molecular flexibility index (Phi) is 3.32. The van der Waals surface area contributed by atoms with Gasteiger partial charge >= 0.3 is 0 Å². The van der Waals surface area contributed by atoms with Gasteiger partial charge in [0.1, 0.15) is 0 Å². The summed E-state index contributed by atoms with van der Waals surface area (Å²) in [5.74, 6) is -0.436. The van der Waals surface area contributed by atoms with Crippen LogP contribution in [0.2, 0.25) is 0 Å². The Morgan fingerprint density at radius 2 is 1.94 bits per heavy atom. The molecule has 2 aromatic rings. The zero-order valence-electron chi connectivity index (χ0n) is 8.77. The summed E-state index contributed by atoms with van der Waals surface area (Å²) in [6.45, 7) is 0. The minimum Gasteiger partial charge on any atom is -0.296 e. The van der Waals surface area contributed by atoms with E-state index < -0.39 is 15.9 Å². The van der Waals surface area contributed by atoms with Crippen molar-refractivity contribution in [3.8, 4) is 0 Å². The smallest absolute Gasteiger partial charge is 0.267 e. The van der Waals surface area contributed by atoms with Crippen molar-refractivity contribution in [1.29, 1.82) is 0 Å². The van der Waals surface area contributed by atoms with Crippen LogP contribution in [0.25, 0.3) is 0 Å². The van der Waals surface area contributed by atoms with E-state index in [1.54, 1.807) is 0 Å². The van der Waals surface area contributed by atoms with Crippen molar-refractivity contribution < 1.29 is 13.2 Å². The zero-order chi connectivity index (χ0) is 13.2. The Hall–Kier alpha value is -1.91. The number of aromatic nitrogens is 3. The Labute approximate surface area is 106 Å². The number of primary sulfonamides is 1. The lowest BCUT2D eigenvalue weighted by Gasteiger charge is -1.99. The number of carbonyl (C=O) groups is 1. The highest BCUT2D eigenvalue weighted by Crippen LogP contribution is 2.18. The first-order valence-electron chi connectivity index (χ1n) is 4.54. The van der Waals surface area contributed by atoms with Crippen molar-refractivity contribution >= 4 is 32.4 Å². The van der Waals surface area contributed by atoms with Gasteiger partial charge in [0, 0.05) is 18.0 Å². The molecule has 18 heavy (non-hydrogen) atoms. The molecule has 10 heteroatoms. The minimum absolute atomic E-state index is 0.0563. The predicted octanol–water partition coefficient (Wildman–Crippen LogP) is -0.167. The fraction of sp³-hybridized carbons (Fsp3) is 0. The number of sulfonamides is 1. The molecule has 94 valence electrons. The SMILES string of the molecule is NS(=O)(=O)c1nnc(NC(=O)c2ccncc2)s1. The van der Waals surface area contributed by atoms with Crippen molar-refractivity contribution in [3.63, 3.8) is 0 Å². The van der Waals surface area contributed by atoms with Crippen molar-refractivity contribution in [3.05, 3.63) is 30.1 Å². The molecule has 0 atom stereocenters. The fourth-order valence-electron chi connectivity index (χ4n) is 1.05. The standard InChI is InChI=1S/C8H7N5O3S2/c9-18(15,16)8-13-12-7(17-8)11-6(14)5-1-3-10-4-2-5/h1-4H,(H2,9,15,16)(H,11,12,14). The quantitative estimate of drug-likeness (QED) is 0.754. The van der Waals surface area contributed by atoms with Gasteiger partial charge in [0.2, 0.25) is 9.47 Å². The molecule has 0 aromatic carbocycles. The van der Waals surface area contributed by atoms with E-state index in [-0.39, 0.29) is 9.47 Å². The van der Waals surface area contributed by atoms with Gasteiger partial charge in [-0.15, -0.1) is 10.2 Å². The van der Waals surface area contributed by atoms with E-state index in [0.29, 0.717) is 16.9 Å². The summed E-state index contributed by atoms with van der Waals surface area (Å²) < 4.78 is 21.6. The second kappa shape index (κ2) is 4.76. The molecule has 0 aliphatic carbocycles. The fourth-order valence-corrected chi connectivity index (χ4v) is 2.38. The average molecular weight is 285 g/mol. The van der Waals surface area contributed by atoms with Gasteiger partial charge in [-0.2, -0.15) is 0 Å². The van der Waals surface area contributed by atoms with Crippen molar-refractivity contribution in [1.82, 2.24) is 15.2 Å². The van der Waals surface area contributed by atoms with Gasteiger partial charge in [0.25, 0.3) is 15.9 Å². The summed E-state index contributed by atoms with van der Waals surface area (Å²) in [5, 5.41) is 14.2. The zero-order valence-corrected chi connectivity index (χ0v) is 10.4. The van der Waals surface area contributed by atoms with Crippen LogP contribution in [0.15, 0.2) is 28.9 Å². The van der Waals surface area contributed by atoms with E-state index in [1.165, 1.54) is 24.5 Å². The molecule has 0 radical (unpaired) electrons. The van der Waals surface area contributed by atoms with Crippen LogP contribution in [0.5, 0.6) is 0 Å². The van der Waals surface area contributed by atoms with Crippen LogP contribution in [0.1, 0.15) is 10.4 Å². The minimum atomic E-state index is -3.90. The summed E-state index contributed by atoms with van der Waals surface area (Å²) >= 11 is 0.680. The largest absolute Gasteiger partial charge is 0.296 e. The summed E-state index contributed by atoms with van der Waals surface area (Å²) in [4.78, 5) is 15.5. The Morgan fingerprint density at radius 3 is 2.50 bits per heavy atom. The van der Waals surface area contributed by atoms with Crippen LogP contribution in [0, 0.1) is 0 Å². The normalized spacial score (nSPS) is 11.2. The summed E-state index contributed by atoms with van der Waals surface area (Å²) in [5.41, 5.74) is 0.373. The van der Waals surface area contributed by atoms with Gasteiger partial charge in [-0.3, -0.25) is 15.1 Å². The molecule has 8 nitrogen and oxygen atoms in total.